The van der Waals surface area contributed by atoms with Crippen molar-refractivity contribution in [3.63, 3.8) is 0 Å². The predicted octanol–water partition coefficient (Wildman–Crippen LogP) is 3.08. The normalized spacial score (nSPS) is 30.7. The highest BCUT2D eigenvalue weighted by Gasteiger charge is 2.38. The van der Waals surface area contributed by atoms with Crippen LogP contribution >= 0.6 is 27.3 Å². The Morgan fingerprint density at radius 3 is 3.00 bits per heavy atom. The highest BCUT2D eigenvalue weighted by molar-refractivity contribution is 9.10. The SMILES string of the molecule is CC1CN(Cc2sccc2Br)C(C2CC2)CN1. The van der Waals surface area contributed by atoms with Crippen molar-refractivity contribution < 1.29 is 0 Å². The average molecular weight is 315 g/mol. The van der Waals surface area contributed by atoms with E-state index in [-0.39, 0.29) is 0 Å². The summed E-state index contributed by atoms with van der Waals surface area (Å²) in [5.41, 5.74) is 0. The molecule has 1 aliphatic carbocycles. The Hall–Kier alpha value is 0.1000. The maximum Gasteiger partial charge on any atom is 0.0343 e. The monoisotopic (exact) mass is 314 g/mol. The van der Waals surface area contributed by atoms with Gasteiger partial charge < -0.3 is 5.32 Å². The fourth-order valence-corrected chi connectivity index (χ4v) is 4.25. The highest BCUT2D eigenvalue weighted by Crippen LogP contribution is 2.37. The zero-order chi connectivity index (χ0) is 11.8. The summed E-state index contributed by atoms with van der Waals surface area (Å²) in [6.07, 6.45) is 2.87. The lowest BCUT2D eigenvalue weighted by Crippen LogP contribution is -2.55. The Morgan fingerprint density at radius 1 is 1.53 bits per heavy atom. The zero-order valence-electron chi connectivity index (χ0n) is 10.2. The molecule has 1 aromatic heterocycles. The molecule has 0 bridgehead atoms. The smallest absolute Gasteiger partial charge is 0.0343 e. The number of piperazine rings is 1. The maximum absolute atomic E-state index is 3.65. The van der Waals surface area contributed by atoms with E-state index in [1.54, 1.807) is 0 Å². The fourth-order valence-electron chi connectivity index (χ4n) is 2.75. The molecule has 0 aromatic carbocycles. The Kier molecular flexibility index (Phi) is 3.57. The Morgan fingerprint density at radius 2 is 2.35 bits per heavy atom. The van der Waals surface area contributed by atoms with E-state index in [9.17, 15) is 0 Å². The van der Waals surface area contributed by atoms with E-state index in [0.717, 1.165) is 18.5 Å². The van der Waals surface area contributed by atoms with Crippen molar-refractivity contribution in [3.05, 3.63) is 20.8 Å². The van der Waals surface area contributed by atoms with Gasteiger partial charge in [0.25, 0.3) is 0 Å². The Bertz CT molecular complexity index is 389. The molecule has 1 aliphatic heterocycles. The third-order valence-corrected chi connectivity index (χ3v) is 5.77. The molecule has 2 nitrogen and oxygen atoms in total. The molecular formula is C13H19BrN2S. The van der Waals surface area contributed by atoms with Crippen molar-refractivity contribution in [2.45, 2.75) is 38.4 Å². The van der Waals surface area contributed by atoms with Crippen molar-refractivity contribution in [1.82, 2.24) is 10.2 Å². The molecule has 0 radical (unpaired) electrons. The van der Waals surface area contributed by atoms with Gasteiger partial charge in [-0.2, -0.15) is 0 Å². The molecule has 0 spiro atoms. The topological polar surface area (TPSA) is 15.3 Å². The molecule has 1 saturated carbocycles. The number of rotatable bonds is 3. The molecule has 1 aromatic rings. The van der Waals surface area contributed by atoms with Crippen LogP contribution in [0.5, 0.6) is 0 Å². The summed E-state index contributed by atoms with van der Waals surface area (Å²) in [5, 5.41) is 5.81. The minimum atomic E-state index is 0.628. The lowest BCUT2D eigenvalue weighted by atomic mass is 10.1. The molecule has 17 heavy (non-hydrogen) atoms. The number of hydrogen-bond acceptors (Lipinski definition) is 3. The first kappa shape index (κ1) is 12.2. The molecule has 2 heterocycles. The molecular weight excluding hydrogens is 296 g/mol. The van der Waals surface area contributed by atoms with Gasteiger partial charge in [-0.3, -0.25) is 4.90 Å². The molecule has 1 saturated heterocycles. The lowest BCUT2D eigenvalue weighted by molar-refractivity contribution is 0.113. The molecule has 4 heteroatoms. The number of hydrogen-bond donors (Lipinski definition) is 1. The Balaban J connectivity index is 1.71. The standard InChI is InChI=1S/C13H19BrN2S/c1-9-7-16(8-13-11(14)4-5-17-13)12(6-15-9)10-2-3-10/h4-5,9-10,12,15H,2-3,6-8H2,1H3. The summed E-state index contributed by atoms with van der Waals surface area (Å²) in [5.74, 6) is 0.953. The van der Waals surface area contributed by atoms with Crippen LogP contribution in [0.3, 0.4) is 0 Å². The van der Waals surface area contributed by atoms with Crippen LogP contribution in [0, 0.1) is 5.92 Å². The largest absolute Gasteiger partial charge is 0.311 e. The predicted molar refractivity (Wildman–Crippen MR) is 76.4 cm³/mol. The fraction of sp³-hybridized carbons (Fsp3) is 0.692. The van der Waals surface area contributed by atoms with Crippen molar-refractivity contribution in [3.8, 4) is 0 Å². The second kappa shape index (κ2) is 5.00. The summed E-state index contributed by atoms with van der Waals surface area (Å²) in [6, 6.07) is 3.56. The lowest BCUT2D eigenvalue weighted by Gasteiger charge is -2.39. The van der Waals surface area contributed by atoms with Gasteiger partial charge in [-0.05, 0) is 53.1 Å². The molecule has 0 amide bonds. The third-order valence-electron chi connectivity index (χ3n) is 3.86. The van der Waals surface area contributed by atoms with Crippen LogP contribution < -0.4 is 5.32 Å². The van der Waals surface area contributed by atoms with Gasteiger partial charge in [0.05, 0.1) is 0 Å². The van der Waals surface area contributed by atoms with Gasteiger partial charge in [0.1, 0.15) is 0 Å². The summed E-state index contributed by atoms with van der Waals surface area (Å²) in [4.78, 5) is 4.17. The van der Waals surface area contributed by atoms with E-state index in [1.807, 2.05) is 11.3 Å². The van der Waals surface area contributed by atoms with Crippen LogP contribution in [0.15, 0.2) is 15.9 Å². The highest BCUT2D eigenvalue weighted by atomic mass is 79.9. The molecule has 2 atom stereocenters. The molecule has 2 aliphatic rings. The number of thiophene rings is 1. The van der Waals surface area contributed by atoms with Gasteiger partial charge in [-0.1, -0.05) is 0 Å². The first-order chi connectivity index (χ1) is 8.24. The number of nitrogens with zero attached hydrogens (tertiary/aromatic N) is 1. The number of halogens is 1. The van der Waals surface area contributed by atoms with Crippen LogP contribution in [0.1, 0.15) is 24.6 Å². The summed E-state index contributed by atoms with van der Waals surface area (Å²) < 4.78 is 1.28. The first-order valence-electron chi connectivity index (χ1n) is 6.43. The van der Waals surface area contributed by atoms with E-state index < -0.39 is 0 Å². The minimum absolute atomic E-state index is 0.628. The van der Waals surface area contributed by atoms with Gasteiger partial charge in [-0.25, -0.2) is 0 Å². The summed E-state index contributed by atoms with van der Waals surface area (Å²) in [6.45, 7) is 5.77. The van der Waals surface area contributed by atoms with Crippen LogP contribution in [0.4, 0.5) is 0 Å². The van der Waals surface area contributed by atoms with Gasteiger partial charge >= 0.3 is 0 Å². The van der Waals surface area contributed by atoms with Crippen LogP contribution in [-0.4, -0.2) is 30.1 Å². The van der Waals surface area contributed by atoms with Crippen molar-refractivity contribution >= 4 is 27.3 Å². The number of nitrogens with one attached hydrogen (secondary N) is 1. The van der Waals surface area contributed by atoms with Crippen molar-refractivity contribution in [2.75, 3.05) is 13.1 Å². The van der Waals surface area contributed by atoms with Crippen LogP contribution in [0.25, 0.3) is 0 Å². The van der Waals surface area contributed by atoms with Gasteiger partial charge in [0, 0.05) is 41.1 Å². The van der Waals surface area contributed by atoms with Gasteiger partial charge in [0.2, 0.25) is 0 Å². The van der Waals surface area contributed by atoms with Crippen molar-refractivity contribution in [2.24, 2.45) is 5.92 Å². The van der Waals surface area contributed by atoms with E-state index in [2.05, 4.69) is 44.5 Å². The second-order valence-corrected chi connectivity index (χ2v) is 7.19. The Labute approximate surface area is 116 Å². The molecule has 3 rings (SSSR count). The van der Waals surface area contributed by atoms with E-state index >= 15 is 0 Å². The maximum atomic E-state index is 3.65. The van der Waals surface area contributed by atoms with E-state index in [0.29, 0.717) is 6.04 Å². The molecule has 94 valence electrons. The van der Waals surface area contributed by atoms with Crippen LogP contribution in [-0.2, 0) is 6.54 Å². The average Bonchev–Trinajstić information content (AvgIpc) is 3.05. The second-order valence-electron chi connectivity index (χ2n) is 5.34. The molecule has 2 unspecified atom stereocenters. The summed E-state index contributed by atoms with van der Waals surface area (Å²) in [7, 11) is 0. The zero-order valence-corrected chi connectivity index (χ0v) is 12.6. The summed E-state index contributed by atoms with van der Waals surface area (Å²) >= 11 is 5.52. The minimum Gasteiger partial charge on any atom is -0.311 e. The van der Waals surface area contributed by atoms with Crippen LogP contribution in [0.2, 0.25) is 0 Å². The van der Waals surface area contributed by atoms with Crippen molar-refractivity contribution in [1.29, 1.82) is 0 Å². The first-order valence-corrected chi connectivity index (χ1v) is 8.10. The van der Waals surface area contributed by atoms with Gasteiger partial charge in [-0.15, -0.1) is 11.3 Å². The quantitative estimate of drug-likeness (QED) is 0.922. The van der Waals surface area contributed by atoms with E-state index in [4.69, 9.17) is 0 Å². The van der Waals surface area contributed by atoms with Gasteiger partial charge in [0.15, 0.2) is 0 Å². The molecule has 2 fully saturated rings. The third kappa shape index (κ3) is 2.75. The van der Waals surface area contributed by atoms with E-state index in [1.165, 1.54) is 35.3 Å². The molecule has 1 N–H and O–H groups in total.